The summed E-state index contributed by atoms with van der Waals surface area (Å²) < 4.78 is 72.2. The van der Waals surface area contributed by atoms with Crippen LogP contribution in [-0.4, -0.2) is 118 Å². The van der Waals surface area contributed by atoms with Crippen LogP contribution in [0.4, 0.5) is 5.82 Å². The molecule has 3 heterocycles. The molecule has 2 aromatic heterocycles. The molecule has 2 unspecified atom stereocenters. The predicted octanol–water partition coefficient (Wildman–Crippen LogP) is 19.1. The number of thiol groups is 1. The number of nitrogens with zero attached hydrogens (tertiary/aromatic N) is 4. The van der Waals surface area contributed by atoms with Crippen molar-refractivity contribution in [1.29, 1.82) is 0 Å². The first-order valence-corrected chi connectivity index (χ1v) is 45.7. The molecule has 23 nitrogen and oxygen atoms in total. The van der Waals surface area contributed by atoms with Crippen LogP contribution in [0.15, 0.2) is 12.7 Å². The van der Waals surface area contributed by atoms with Gasteiger partial charge in [0.1, 0.15) is 36.3 Å². The first-order valence-electron chi connectivity index (χ1n) is 40.5. The molecule has 1 saturated heterocycles. The molecular weight excluding hydrogens is 1380 g/mol. The van der Waals surface area contributed by atoms with Crippen molar-refractivity contribution in [3.8, 4) is 0 Å². The van der Waals surface area contributed by atoms with Crippen LogP contribution < -0.4 is 16.4 Å². The van der Waals surface area contributed by atoms with Gasteiger partial charge in [0.15, 0.2) is 17.7 Å². The number of phosphoric ester groups is 3. The van der Waals surface area contributed by atoms with E-state index in [-0.39, 0.29) is 35.9 Å². The number of anilines is 1. The Morgan fingerprint density at radius 1 is 0.559 bits per heavy atom. The third kappa shape index (κ3) is 34.6. The molecule has 0 aromatic carbocycles. The minimum absolute atomic E-state index is 0.0138. The van der Waals surface area contributed by atoms with E-state index in [0.717, 1.165) is 276 Å². The van der Waals surface area contributed by atoms with E-state index in [9.17, 15) is 43.7 Å². The van der Waals surface area contributed by atoms with Crippen molar-refractivity contribution in [3.05, 3.63) is 12.7 Å². The van der Waals surface area contributed by atoms with E-state index in [0.29, 0.717) is 50.8 Å². The second kappa shape index (κ2) is 53.7. The number of imidazole rings is 1. The highest BCUT2D eigenvalue weighted by Crippen LogP contribution is 2.69. The lowest BCUT2D eigenvalue weighted by atomic mass is 9.42. The van der Waals surface area contributed by atoms with Crippen LogP contribution in [0.1, 0.15) is 362 Å². The third-order valence-electron chi connectivity index (χ3n) is 21.5. The van der Waals surface area contributed by atoms with Gasteiger partial charge in [0.05, 0.1) is 19.5 Å². The molecule has 1 fully saturated rings. The van der Waals surface area contributed by atoms with Crippen LogP contribution in [0, 0.1) is 16.2 Å². The van der Waals surface area contributed by atoms with Crippen LogP contribution in [0.5, 0.6) is 0 Å². The number of aromatic nitrogens is 4. The van der Waals surface area contributed by atoms with Crippen molar-refractivity contribution in [2.24, 2.45) is 16.2 Å². The summed E-state index contributed by atoms with van der Waals surface area (Å²) in [5.74, 6) is -0.619. The Morgan fingerprint density at radius 3 is 1.30 bits per heavy atom. The molecular formula is C75H144N7O16P3S. The third-order valence-corrected chi connectivity index (χ3v) is 24.9. The number of hydrogen-bond donors (Lipinski definition) is 10. The summed E-state index contributed by atoms with van der Waals surface area (Å²) in [6.07, 6.45) is 38.8. The number of phosphoric acid groups is 3. The number of unbranched alkanes of at least 4 members (excludes halogenated alkanes) is 36. The molecule has 0 bridgehead atoms. The first kappa shape index (κ1) is 94.1. The van der Waals surface area contributed by atoms with Crippen LogP contribution in [0.25, 0.3) is 11.2 Å². The molecule has 10 N–H and O–H groups in total. The van der Waals surface area contributed by atoms with Gasteiger partial charge in [0.2, 0.25) is 11.8 Å². The summed E-state index contributed by atoms with van der Waals surface area (Å²) in [6.45, 7) is 11.6. The maximum atomic E-state index is 16.1. The summed E-state index contributed by atoms with van der Waals surface area (Å²) >= 11 is 4.30. The molecule has 3 rings (SSSR count). The second-order valence-corrected chi connectivity index (χ2v) is 34.2. The lowest BCUT2D eigenvalue weighted by Gasteiger charge is -2.63. The average Bonchev–Trinajstić information content (AvgIpc) is 0.887. The normalized spacial score (nSPS) is 17.7. The van der Waals surface area contributed by atoms with Crippen LogP contribution in [0.3, 0.4) is 0 Å². The summed E-state index contributed by atoms with van der Waals surface area (Å²) in [7, 11) is -17.1. The number of ether oxygens (including phenoxy) is 1. The van der Waals surface area contributed by atoms with Crippen molar-refractivity contribution in [1.82, 2.24) is 30.2 Å². The summed E-state index contributed by atoms with van der Waals surface area (Å²) in [6, 6.07) is 0. The Balaban J connectivity index is 2.54. The van der Waals surface area contributed by atoms with Gasteiger partial charge in [-0.25, -0.2) is 28.6 Å². The van der Waals surface area contributed by atoms with Gasteiger partial charge in [-0.05, 0) is 49.4 Å². The van der Waals surface area contributed by atoms with Crippen LogP contribution in [-0.2, 0) is 45.9 Å². The highest BCUT2D eigenvalue weighted by atomic mass is 32.1. The van der Waals surface area contributed by atoms with Crippen molar-refractivity contribution < 1.29 is 75.7 Å². The molecule has 1 aliphatic heterocycles. The molecule has 27 heteroatoms. The molecule has 0 aliphatic carbocycles. The van der Waals surface area contributed by atoms with Crippen LogP contribution >= 0.6 is 36.1 Å². The number of fused-ring (bicyclic) bond motifs is 1. The summed E-state index contributed by atoms with van der Waals surface area (Å²) in [5, 5.41) is 32.0. The predicted molar refractivity (Wildman–Crippen MR) is 413 cm³/mol. The lowest BCUT2D eigenvalue weighted by Crippen LogP contribution is -2.66. The maximum Gasteiger partial charge on any atom is 0.481 e. The molecule has 596 valence electrons. The lowest BCUT2D eigenvalue weighted by molar-refractivity contribution is -0.210. The fourth-order valence-corrected chi connectivity index (χ4v) is 18.8. The van der Waals surface area contributed by atoms with E-state index in [1.54, 1.807) is 0 Å². The van der Waals surface area contributed by atoms with E-state index >= 15 is 9.36 Å². The number of amides is 2. The smallest absolute Gasteiger partial charge is 0.386 e. The number of carbonyl (C=O) groups excluding carboxylic acids is 2. The minimum Gasteiger partial charge on any atom is -0.386 e. The SMILES string of the molecule is CCCCCCCCCC(CCCCCCCCC)(CCCCCCCCC)C(COP(=O)(O)OP(=O)(O)OC[C@H]1O[C@@H](n2cnc3c(N)ncnc32)[C@H](O)[C@@H]1OP(=O)(O)O)([C@@H](O)C(=O)NCCC(=O)NCCS)C(CCCCCCCCC)(CCCCCCCCC)CCCCCCCCC. The van der Waals surface area contributed by atoms with Crippen LogP contribution in [0.2, 0.25) is 0 Å². The van der Waals surface area contributed by atoms with Gasteiger partial charge >= 0.3 is 23.5 Å². The Kier molecular flexibility index (Phi) is 49.5. The number of nitrogen functional groups attached to an aromatic ring is 1. The summed E-state index contributed by atoms with van der Waals surface area (Å²) in [5.41, 5.74) is 2.61. The Hall–Kier alpha value is -2.11. The van der Waals surface area contributed by atoms with Crippen molar-refractivity contribution in [2.45, 2.75) is 387 Å². The van der Waals surface area contributed by atoms with Gasteiger partial charge in [0.25, 0.3) is 0 Å². The fourth-order valence-electron chi connectivity index (χ4n) is 16.0. The molecule has 102 heavy (non-hydrogen) atoms. The number of carbonyl (C=O) groups is 2. The quantitative estimate of drug-likeness (QED) is 0.0167. The van der Waals surface area contributed by atoms with E-state index in [4.69, 9.17) is 28.4 Å². The summed E-state index contributed by atoms with van der Waals surface area (Å²) in [4.78, 5) is 86.2. The van der Waals surface area contributed by atoms with Crippen molar-refractivity contribution in [3.63, 3.8) is 0 Å². The Bertz CT molecular complexity index is 2510. The first-order chi connectivity index (χ1) is 49.0. The van der Waals surface area contributed by atoms with E-state index < -0.39 is 89.5 Å². The number of nitrogens with two attached hydrogens (primary N) is 1. The monoisotopic (exact) mass is 1520 g/mol. The molecule has 2 amide bonds. The topological polar surface area (TPSA) is 347 Å². The zero-order chi connectivity index (χ0) is 75.0. The molecule has 7 atom stereocenters. The molecule has 0 saturated carbocycles. The van der Waals surface area contributed by atoms with Gasteiger partial charge in [-0.15, -0.1) is 0 Å². The highest BCUT2D eigenvalue weighted by Gasteiger charge is 2.66. The van der Waals surface area contributed by atoms with Gasteiger partial charge in [-0.2, -0.15) is 16.9 Å². The largest absolute Gasteiger partial charge is 0.481 e. The zero-order valence-corrected chi connectivity index (χ0v) is 67.7. The van der Waals surface area contributed by atoms with E-state index in [1.165, 1.54) is 10.9 Å². The zero-order valence-electron chi connectivity index (χ0n) is 64.1. The minimum atomic E-state index is -5.88. The fraction of sp³-hybridized carbons (Fsp3) is 0.907. The molecule has 1 aliphatic rings. The maximum absolute atomic E-state index is 16.1. The number of nitrogens with one attached hydrogen (secondary N) is 2. The van der Waals surface area contributed by atoms with E-state index in [1.807, 2.05) is 0 Å². The Labute approximate surface area is 621 Å². The standard InChI is InChI=1S/C75H144N7O16P3S/c1-7-13-19-25-31-37-43-50-73(51-44-38-32-26-20-14-8-2,52-45-39-33-27-21-15-9-3)75(68(85)71(86)78-56-49-64(83)77-57-58-102,74(53-46-40-34-28-22-16-10-4,54-47-41-35-29-23-17-11-5)55-48-42-36-30-24-18-12-6)60-95-101(92,93)98-100(90,91)94-59-63-67(97-99(87,88)89)66(84)72(96-63)82-62-81-65-69(76)79-61-80-70(65)82/h61-63,66-68,72,84-85,102H,7-60H2,1-6H3,(H,77,83)(H,78,86)(H,90,91)(H,92,93)(H2,76,79,80)(H2,87,88,89)/t63-,66-,67-,68+,72-/m1/s1. The van der Waals surface area contributed by atoms with Crippen molar-refractivity contribution in [2.75, 3.05) is 37.8 Å². The highest BCUT2D eigenvalue weighted by molar-refractivity contribution is 7.80. The molecule has 0 radical (unpaired) electrons. The number of hydrogen-bond acceptors (Lipinski definition) is 17. The van der Waals surface area contributed by atoms with Gasteiger partial charge in [-0.1, -0.05) is 311 Å². The molecule has 0 spiro atoms. The van der Waals surface area contributed by atoms with Crippen molar-refractivity contribution >= 4 is 64.9 Å². The Morgan fingerprint density at radius 2 is 0.931 bits per heavy atom. The van der Waals surface area contributed by atoms with E-state index in [2.05, 4.69) is 79.8 Å². The van der Waals surface area contributed by atoms with Gasteiger partial charge in [-0.3, -0.25) is 27.7 Å². The number of rotatable bonds is 68. The molecule has 2 aromatic rings. The van der Waals surface area contributed by atoms with Gasteiger partial charge < -0.3 is 50.9 Å². The number of aliphatic hydroxyl groups excluding tert-OH is 2. The average molecular weight is 1520 g/mol. The number of aliphatic hydroxyl groups is 2. The van der Waals surface area contributed by atoms with Gasteiger partial charge in [0, 0.05) is 30.7 Å². The second-order valence-electron chi connectivity index (χ2n) is 29.6.